The first-order chi connectivity index (χ1) is 9.60. The highest BCUT2D eigenvalue weighted by molar-refractivity contribution is 9.11. The first-order valence-electron chi connectivity index (χ1n) is 5.86. The monoisotopic (exact) mass is 395 g/mol. The fraction of sp³-hybridized carbons (Fsp3) is 0.0714. The minimum Gasteiger partial charge on any atom is -0.495 e. The molecule has 0 atom stereocenters. The van der Waals surface area contributed by atoms with E-state index in [0.29, 0.717) is 5.69 Å². The highest BCUT2D eigenvalue weighted by atomic mass is 79.9. The van der Waals surface area contributed by atoms with Crippen LogP contribution >= 0.6 is 31.9 Å². The highest BCUT2D eigenvalue weighted by Crippen LogP contribution is 2.34. The lowest BCUT2D eigenvalue weighted by molar-refractivity contribution is 0.412. The maximum absolute atomic E-state index is 5.78. The number of nitrogen functional groups attached to an aromatic ring is 1. The molecule has 4 nitrogen and oxygen atoms in total. The molecule has 1 heterocycles. The Balaban J connectivity index is 2.25. The van der Waals surface area contributed by atoms with Crippen LogP contribution < -0.4 is 10.5 Å². The van der Waals surface area contributed by atoms with Gasteiger partial charge in [0.05, 0.1) is 28.3 Å². The smallest absolute Gasteiger partial charge is 0.135 e. The molecule has 0 saturated heterocycles. The maximum Gasteiger partial charge on any atom is 0.135 e. The van der Waals surface area contributed by atoms with Crippen LogP contribution in [0.2, 0.25) is 0 Å². The molecule has 2 N–H and O–H groups in total. The van der Waals surface area contributed by atoms with Crippen LogP contribution in [0.15, 0.2) is 45.6 Å². The largest absolute Gasteiger partial charge is 0.495 e. The molecule has 3 rings (SSSR count). The fourth-order valence-corrected chi connectivity index (χ4v) is 3.43. The van der Waals surface area contributed by atoms with Gasteiger partial charge in [-0.25, -0.2) is 4.98 Å². The molecule has 0 unspecified atom stereocenters. The van der Waals surface area contributed by atoms with Crippen LogP contribution in [0.4, 0.5) is 5.69 Å². The van der Waals surface area contributed by atoms with Crippen LogP contribution in [0, 0.1) is 0 Å². The molecule has 0 aliphatic carbocycles. The van der Waals surface area contributed by atoms with Gasteiger partial charge in [-0.1, -0.05) is 0 Å². The van der Waals surface area contributed by atoms with Crippen LogP contribution in [0.3, 0.4) is 0 Å². The number of hydrogen-bond acceptors (Lipinski definition) is 3. The summed E-state index contributed by atoms with van der Waals surface area (Å²) in [6.07, 6.45) is 1.78. The van der Waals surface area contributed by atoms with Crippen LogP contribution in [-0.2, 0) is 0 Å². The average molecular weight is 397 g/mol. The molecule has 0 bridgehead atoms. The number of rotatable bonds is 2. The Labute approximate surface area is 132 Å². The summed E-state index contributed by atoms with van der Waals surface area (Å²) < 4.78 is 9.18. The van der Waals surface area contributed by atoms with Gasteiger partial charge < -0.3 is 10.5 Å². The van der Waals surface area contributed by atoms with E-state index in [1.165, 1.54) is 0 Å². The first-order valence-corrected chi connectivity index (χ1v) is 7.44. The summed E-state index contributed by atoms with van der Waals surface area (Å²) in [7, 11) is 1.64. The quantitative estimate of drug-likeness (QED) is 0.662. The summed E-state index contributed by atoms with van der Waals surface area (Å²) in [4.78, 5) is 4.38. The highest BCUT2D eigenvalue weighted by Gasteiger charge is 2.11. The Kier molecular flexibility index (Phi) is 3.43. The summed E-state index contributed by atoms with van der Waals surface area (Å²) in [5.74, 6) is 0.764. The molecule has 0 fully saturated rings. The number of nitrogens with two attached hydrogens (primary N) is 1. The van der Waals surface area contributed by atoms with Gasteiger partial charge in [-0.3, -0.25) is 4.57 Å². The van der Waals surface area contributed by atoms with Gasteiger partial charge in [-0.15, -0.1) is 0 Å². The standard InChI is InChI=1S/C14H11Br2N3O/c1-20-14-6-13(9(15)5-10(14)16)19-7-18-11-4-8(17)2-3-12(11)19/h2-7H,17H2,1H3. The number of methoxy groups -OCH3 is 1. The molecule has 0 aliphatic heterocycles. The van der Waals surface area contributed by atoms with Crippen molar-refractivity contribution in [2.45, 2.75) is 0 Å². The third kappa shape index (κ3) is 2.19. The van der Waals surface area contributed by atoms with E-state index in [0.717, 1.165) is 31.4 Å². The maximum atomic E-state index is 5.78. The van der Waals surface area contributed by atoms with E-state index in [4.69, 9.17) is 10.5 Å². The van der Waals surface area contributed by atoms with E-state index >= 15 is 0 Å². The molecule has 2 aromatic carbocycles. The number of aromatic nitrogens is 2. The summed E-state index contributed by atoms with van der Waals surface area (Å²) in [5, 5.41) is 0. The Morgan fingerprint density at radius 1 is 1.15 bits per heavy atom. The first kappa shape index (κ1) is 13.5. The van der Waals surface area contributed by atoms with Crippen molar-refractivity contribution in [3.63, 3.8) is 0 Å². The van der Waals surface area contributed by atoms with E-state index in [9.17, 15) is 0 Å². The van der Waals surface area contributed by atoms with Crippen molar-refractivity contribution in [3.8, 4) is 11.4 Å². The number of imidazole rings is 1. The Morgan fingerprint density at radius 3 is 2.70 bits per heavy atom. The van der Waals surface area contributed by atoms with Gasteiger partial charge in [-0.2, -0.15) is 0 Å². The summed E-state index contributed by atoms with van der Waals surface area (Å²) in [5.41, 5.74) is 9.29. The topological polar surface area (TPSA) is 53.1 Å². The van der Waals surface area contributed by atoms with Gasteiger partial charge in [0.2, 0.25) is 0 Å². The van der Waals surface area contributed by atoms with Gasteiger partial charge in [0.1, 0.15) is 12.1 Å². The molecule has 20 heavy (non-hydrogen) atoms. The fourth-order valence-electron chi connectivity index (χ4n) is 2.08. The predicted molar refractivity (Wildman–Crippen MR) is 87.4 cm³/mol. The second-order valence-electron chi connectivity index (χ2n) is 4.30. The Hall–Kier alpha value is -1.53. The van der Waals surface area contributed by atoms with Crippen molar-refractivity contribution >= 4 is 48.6 Å². The third-order valence-electron chi connectivity index (χ3n) is 3.05. The molecule has 3 aromatic rings. The number of halogens is 2. The van der Waals surface area contributed by atoms with Crippen LogP contribution in [-0.4, -0.2) is 16.7 Å². The van der Waals surface area contributed by atoms with Crippen LogP contribution in [0.5, 0.6) is 5.75 Å². The van der Waals surface area contributed by atoms with E-state index < -0.39 is 0 Å². The van der Waals surface area contributed by atoms with E-state index in [1.807, 2.05) is 34.9 Å². The van der Waals surface area contributed by atoms with Crippen molar-refractivity contribution in [1.82, 2.24) is 9.55 Å². The molecule has 0 spiro atoms. The molecule has 0 saturated carbocycles. The zero-order chi connectivity index (χ0) is 14.3. The molecule has 102 valence electrons. The van der Waals surface area contributed by atoms with Gasteiger partial charge in [0, 0.05) is 16.2 Å². The van der Waals surface area contributed by atoms with Gasteiger partial charge in [0.25, 0.3) is 0 Å². The average Bonchev–Trinajstić information content (AvgIpc) is 2.82. The van der Waals surface area contributed by atoms with Gasteiger partial charge in [-0.05, 0) is 56.1 Å². The number of nitrogens with zero attached hydrogens (tertiary/aromatic N) is 2. The second kappa shape index (κ2) is 5.10. The second-order valence-corrected chi connectivity index (χ2v) is 6.01. The van der Waals surface area contributed by atoms with Crippen molar-refractivity contribution < 1.29 is 4.74 Å². The van der Waals surface area contributed by atoms with Crippen molar-refractivity contribution in [2.75, 3.05) is 12.8 Å². The molecule has 1 aromatic heterocycles. The number of fused-ring (bicyclic) bond motifs is 1. The molecule has 6 heteroatoms. The summed E-state index contributed by atoms with van der Waals surface area (Å²) >= 11 is 7.04. The Bertz CT molecular complexity index is 798. The van der Waals surface area contributed by atoms with Crippen molar-refractivity contribution in [2.24, 2.45) is 0 Å². The minimum atomic E-state index is 0.704. The zero-order valence-electron chi connectivity index (χ0n) is 10.6. The lowest BCUT2D eigenvalue weighted by atomic mass is 10.2. The van der Waals surface area contributed by atoms with E-state index in [-0.39, 0.29) is 0 Å². The van der Waals surface area contributed by atoms with E-state index in [1.54, 1.807) is 13.4 Å². The molecular weight excluding hydrogens is 386 g/mol. The molecule has 0 radical (unpaired) electrons. The lowest BCUT2D eigenvalue weighted by Crippen LogP contribution is -1.96. The normalized spacial score (nSPS) is 10.9. The summed E-state index contributed by atoms with van der Waals surface area (Å²) in [6.45, 7) is 0. The zero-order valence-corrected chi connectivity index (χ0v) is 13.8. The van der Waals surface area contributed by atoms with Gasteiger partial charge in [0.15, 0.2) is 0 Å². The Morgan fingerprint density at radius 2 is 1.95 bits per heavy atom. The van der Waals surface area contributed by atoms with Gasteiger partial charge >= 0.3 is 0 Å². The predicted octanol–water partition coefficient (Wildman–Crippen LogP) is 4.14. The van der Waals surface area contributed by atoms with Crippen molar-refractivity contribution in [3.05, 3.63) is 45.6 Å². The SMILES string of the molecule is COc1cc(-n2cnc3cc(N)ccc32)c(Br)cc1Br. The molecular formula is C14H11Br2N3O. The minimum absolute atomic E-state index is 0.704. The number of anilines is 1. The number of hydrogen-bond donors (Lipinski definition) is 1. The third-order valence-corrected chi connectivity index (χ3v) is 4.31. The summed E-state index contributed by atoms with van der Waals surface area (Å²) in [6, 6.07) is 9.59. The number of benzene rings is 2. The molecule has 0 aliphatic rings. The van der Waals surface area contributed by atoms with E-state index in [2.05, 4.69) is 36.8 Å². The van der Waals surface area contributed by atoms with Crippen LogP contribution in [0.1, 0.15) is 0 Å². The van der Waals surface area contributed by atoms with Crippen LogP contribution in [0.25, 0.3) is 16.7 Å². The molecule has 0 amide bonds. The van der Waals surface area contributed by atoms with Crippen molar-refractivity contribution in [1.29, 1.82) is 0 Å². The lowest BCUT2D eigenvalue weighted by Gasteiger charge is -2.11. The number of ether oxygens (including phenoxy) is 1.